The lowest BCUT2D eigenvalue weighted by molar-refractivity contribution is -0.114. The van der Waals surface area contributed by atoms with Crippen LogP contribution >= 0.6 is 0 Å². The van der Waals surface area contributed by atoms with Crippen molar-refractivity contribution in [3.05, 3.63) is 35.0 Å². The van der Waals surface area contributed by atoms with Crippen LogP contribution in [-0.2, 0) is 4.79 Å². The maximum Gasteiger partial charge on any atom is 0.270 e. The van der Waals surface area contributed by atoms with Gasteiger partial charge in [0, 0.05) is 17.8 Å². The van der Waals surface area contributed by atoms with Crippen LogP contribution in [0.2, 0.25) is 0 Å². The minimum absolute atomic E-state index is 0.126. The van der Waals surface area contributed by atoms with E-state index in [-0.39, 0.29) is 24.3 Å². The molecule has 0 saturated carbocycles. The maximum atomic E-state index is 12.5. The van der Waals surface area contributed by atoms with Crippen molar-refractivity contribution in [1.82, 2.24) is 10.6 Å². The van der Waals surface area contributed by atoms with Gasteiger partial charge in [-0.2, -0.15) is 0 Å². The van der Waals surface area contributed by atoms with Crippen LogP contribution in [0.15, 0.2) is 34.5 Å². The molecule has 1 fully saturated rings. The van der Waals surface area contributed by atoms with Gasteiger partial charge in [-0.25, -0.2) is 0 Å². The molecule has 1 aromatic carbocycles. The molecule has 3 aliphatic rings. The molecule has 1 atom stereocenters. The summed E-state index contributed by atoms with van der Waals surface area (Å²) in [6.45, 7) is 6.97. The Bertz CT molecular complexity index is 764. The van der Waals surface area contributed by atoms with Gasteiger partial charge in [-0.1, -0.05) is 6.07 Å². The van der Waals surface area contributed by atoms with Crippen LogP contribution in [0, 0.1) is 0 Å². The Balaban J connectivity index is 1.80. The standard InChI is InChI=1S/C17H19N3O3/c1-9-13-14(10-4-5-11-12(6-10)23-8-22-11)19-16(21)15(13)20-17(2,3)7-18-9/h4-6,14,18H,7-8H2,1-3H3,(H,19,21). The quantitative estimate of drug-likeness (QED) is 0.827. The third kappa shape index (κ3) is 2.25. The number of ether oxygens (including phenoxy) is 2. The molecule has 0 radical (unpaired) electrons. The number of aliphatic imine (C=N–C) groups is 1. The van der Waals surface area contributed by atoms with E-state index in [1.165, 1.54) is 0 Å². The van der Waals surface area contributed by atoms with Gasteiger partial charge in [0.05, 0.1) is 11.6 Å². The number of nitrogens with one attached hydrogen (secondary N) is 2. The number of rotatable bonds is 1. The molecule has 0 aromatic heterocycles. The lowest BCUT2D eigenvalue weighted by Gasteiger charge is -2.19. The van der Waals surface area contributed by atoms with Crippen LogP contribution in [0.25, 0.3) is 0 Å². The summed E-state index contributed by atoms with van der Waals surface area (Å²) < 4.78 is 10.8. The molecule has 120 valence electrons. The van der Waals surface area contributed by atoms with Crippen molar-refractivity contribution >= 4 is 11.6 Å². The fourth-order valence-corrected chi connectivity index (χ4v) is 3.16. The molecule has 0 aliphatic carbocycles. The molecule has 23 heavy (non-hydrogen) atoms. The topological polar surface area (TPSA) is 72.0 Å². The number of hydrogen-bond donors (Lipinski definition) is 2. The number of hydrogen-bond acceptors (Lipinski definition) is 5. The second kappa shape index (κ2) is 4.75. The first-order chi connectivity index (χ1) is 10.9. The SMILES string of the molecule is CC1=C2C(=NC(C)(C)CN1)C(=O)NC2c1ccc2c(c1)OCO2. The van der Waals surface area contributed by atoms with Gasteiger partial charge in [0.2, 0.25) is 6.79 Å². The van der Waals surface area contributed by atoms with Crippen molar-refractivity contribution in [2.75, 3.05) is 13.3 Å². The number of allylic oxidation sites excluding steroid dienone is 1. The Morgan fingerprint density at radius 2 is 2.04 bits per heavy atom. The van der Waals surface area contributed by atoms with Crippen molar-refractivity contribution in [2.24, 2.45) is 4.99 Å². The van der Waals surface area contributed by atoms with Gasteiger partial charge in [-0.3, -0.25) is 9.79 Å². The number of fused-ring (bicyclic) bond motifs is 2. The van der Waals surface area contributed by atoms with Crippen LogP contribution in [0.1, 0.15) is 32.4 Å². The summed E-state index contributed by atoms with van der Waals surface area (Å²) in [5.41, 5.74) is 3.07. The first kappa shape index (κ1) is 14.1. The van der Waals surface area contributed by atoms with E-state index in [0.29, 0.717) is 18.0 Å². The van der Waals surface area contributed by atoms with E-state index in [1.54, 1.807) is 0 Å². The lowest BCUT2D eigenvalue weighted by Crippen LogP contribution is -2.33. The Morgan fingerprint density at radius 3 is 2.87 bits per heavy atom. The first-order valence-electron chi connectivity index (χ1n) is 7.70. The summed E-state index contributed by atoms with van der Waals surface area (Å²) in [4.78, 5) is 17.1. The number of benzene rings is 1. The van der Waals surface area contributed by atoms with E-state index >= 15 is 0 Å². The predicted octanol–water partition coefficient (Wildman–Crippen LogP) is 1.68. The molecular formula is C17H19N3O3. The number of carbonyl (C=O) groups excluding carboxylic acids is 1. The van der Waals surface area contributed by atoms with Crippen LogP contribution in [0.4, 0.5) is 0 Å². The smallest absolute Gasteiger partial charge is 0.270 e. The molecule has 1 unspecified atom stereocenters. The van der Waals surface area contributed by atoms with Crippen LogP contribution < -0.4 is 20.1 Å². The summed E-state index contributed by atoms with van der Waals surface area (Å²) in [5.74, 6) is 1.32. The highest BCUT2D eigenvalue weighted by atomic mass is 16.7. The number of carbonyl (C=O) groups is 1. The zero-order chi connectivity index (χ0) is 16.2. The Morgan fingerprint density at radius 1 is 1.26 bits per heavy atom. The van der Waals surface area contributed by atoms with Crippen LogP contribution in [0.3, 0.4) is 0 Å². The van der Waals surface area contributed by atoms with Crippen molar-refractivity contribution in [2.45, 2.75) is 32.4 Å². The van der Waals surface area contributed by atoms with Crippen molar-refractivity contribution < 1.29 is 14.3 Å². The summed E-state index contributed by atoms with van der Waals surface area (Å²) in [5, 5.41) is 6.43. The molecule has 1 aromatic rings. The van der Waals surface area contributed by atoms with E-state index < -0.39 is 0 Å². The fraction of sp³-hybridized carbons (Fsp3) is 0.412. The third-order valence-electron chi connectivity index (χ3n) is 4.37. The molecule has 1 saturated heterocycles. The molecule has 2 N–H and O–H groups in total. The Hall–Kier alpha value is -2.50. The van der Waals surface area contributed by atoms with Gasteiger partial charge < -0.3 is 20.1 Å². The van der Waals surface area contributed by atoms with E-state index in [1.807, 2.05) is 39.0 Å². The molecule has 6 heteroatoms. The fourth-order valence-electron chi connectivity index (χ4n) is 3.16. The van der Waals surface area contributed by atoms with Gasteiger partial charge in [-0.15, -0.1) is 0 Å². The van der Waals surface area contributed by atoms with Gasteiger partial charge in [0.15, 0.2) is 11.5 Å². The summed E-state index contributed by atoms with van der Waals surface area (Å²) in [7, 11) is 0. The monoisotopic (exact) mass is 313 g/mol. The van der Waals surface area contributed by atoms with E-state index in [0.717, 1.165) is 22.6 Å². The predicted molar refractivity (Wildman–Crippen MR) is 85.7 cm³/mol. The highest BCUT2D eigenvalue weighted by molar-refractivity contribution is 6.48. The maximum absolute atomic E-state index is 12.5. The first-order valence-corrected chi connectivity index (χ1v) is 7.70. The molecular weight excluding hydrogens is 294 g/mol. The molecule has 3 aliphatic heterocycles. The highest BCUT2D eigenvalue weighted by Crippen LogP contribution is 2.38. The zero-order valence-electron chi connectivity index (χ0n) is 13.4. The van der Waals surface area contributed by atoms with E-state index in [9.17, 15) is 4.79 Å². The number of nitrogens with zero attached hydrogens (tertiary/aromatic N) is 1. The normalized spacial score (nSPS) is 24.6. The molecule has 1 amide bonds. The Kier molecular flexibility index (Phi) is 2.91. The van der Waals surface area contributed by atoms with E-state index in [4.69, 9.17) is 9.47 Å². The largest absolute Gasteiger partial charge is 0.454 e. The second-order valence-electron chi connectivity index (χ2n) is 6.68. The van der Waals surface area contributed by atoms with Crippen molar-refractivity contribution in [3.8, 4) is 11.5 Å². The van der Waals surface area contributed by atoms with Crippen molar-refractivity contribution in [3.63, 3.8) is 0 Å². The minimum Gasteiger partial charge on any atom is -0.454 e. The van der Waals surface area contributed by atoms with Gasteiger partial charge in [0.25, 0.3) is 5.91 Å². The zero-order valence-corrected chi connectivity index (χ0v) is 13.4. The molecule has 6 nitrogen and oxygen atoms in total. The minimum atomic E-state index is -0.320. The van der Waals surface area contributed by atoms with E-state index in [2.05, 4.69) is 15.6 Å². The van der Waals surface area contributed by atoms with Gasteiger partial charge >= 0.3 is 0 Å². The highest BCUT2D eigenvalue weighted by Gasteiger charge is 2.39. The number of amides is 1. The van der Waals surface area contributed by atoms with Crippen molar-refractivity contribution in [1.29, 1.82) is 0 Å². The van der Waals surface area contributed by atoms with Gasteiger partial charge in [-0.05, 0) is 38.5 Å². The Labute approximate surface area is 134 Å². The van der Waals surface area contributed by atoms with Crippen LogP contribution in [-0.4, -0.2) is 30.5 Å². The third-order valence-corrected chi connectivity index (χ3v) is 4.37. The molecule has 0 spiro atoms. The summed E-state index contributed by atoms with van der Waals surface area (Å²) in [6, 6.07) is 5.53. The molecule has 0 bridgehead atoms. The summed E-state index contributed by atoms with van der Waals surface area (Å²) in [6.07, 6.45) is 0. The lowest BCUT2D eigenvalue weighted by atomic mass is 9.97. The summed E-state index contributed by atoms with van der Waals surface area (Å²) >= 11 is 0. The average molecular weight is 313 g/mol. The molecule has 3 heterocycles. The average Bonchev–Trinajstić information content (AvgIpc) is 3.06. The van der Waals surface area contributed by atoms with Crippen LogP contribution in [0.5, 0.6) is 11.5 Å². The molecule has 4 rings (SSSR count). The van der Waals surface area contributed by atoms with Gasteiger partial charge in [0.1, 0.15) is 5.71 Å². The second-order valence-corrected chi connectivity index (χ2v) is 6.68.